The minimum Gasteiger partial charge on any atom is -0.507 e. The van der Waals surface area contributed by atoms with Gasteiger partial charge in [0.15, 0.2) is 5.78 Å². The third kappa shape index (κ3) is 4.46. The lowest BCUT2D eigenvalue weighted by Crippen LogP contribution is -2.35. The van der Waals surface area contributed by atoms with Crippen molar-refractivity contribution in [3.05, 3.63) is 52.5 Å². The SMILES string of the molecule is CC(=O)c1c(O)cccc1OC(Oc1ccc(Br)cc1)C(C)O. The number of phenols is 1. The van der Waals surface area contributed by atoms with E-state index >= 15 is 0 Å². The fourth-order valence-electron chi connectivity index (χ4n) is 1.97. The molecule has 0 heterocycles. The molecule has 2 aromatic carbocycles. The van der Waals surface area contributed by atoms with Gasteiger partial charge in [-0.25, -0.2) is 0 Å². The highest BCUT2D eigenvalue weighted by Gasteiger charge is 2.23. The van der Waals surface area contributed by atoms with Crippen LogP contribution in [0.1, 0.15) is 24.2 Å². The van der Waals surface area contributed by atoms with Crippen molar-refractivity contribution < 1.29 is 24.5 Å². The van der Waals surface area contributed by atoms with E-state index in [9.17, 15) is 15.0 Å². The van der Waals surface area contributed by atoms with Crippen LogP contribution in [0.5, 0.6) is 17.2 Å². The lowest BCUT2D eigenvalue weighted by Gasteiger charge is -2.24. The smallest absolute Gasteiger partial charge is 0.266 e. The summed E-state index contributed by atoms with van der Waals surface area (Å²) in [6.07, 6.45) is -1.99. The number of carbonyl (C=O) groups is 1. The zero-order valence-corrected chi connectivity index (χ0v) is 14.3. The van der Waals surface area contributed by atoms with Gasteiger partial charge in [0.1, 0.15) is 28.9 Å². The van der Waals surface area contributed by atoms with Crippen molar-refractivity contribution in [3.63, 3.8) is 0 Å². The third-order valence-corrected chi connectivity index (χ3v) is 3.59. The Morgan fingerprint density at radius 2 is 1.78 bits per heavy atom. The summed E-state index contributed by atoms with van der Waals surface area (Å²) in [6.45, 7) is 2.84. The molecule has 6 heteroatoms. The quantitative estimate of drug-likeness (QED) is 0.592. The molecular weight excluding hydrogens is 364 g/mol. The van der Waals surface area contributed by atoms with Gasteiger partial charge in [-0.15, -0.1) is 0 Å². The maximum atomic E-state index is 11.7. The molecule has 0 saturated heterocycles. The molecule has 2 aromatic rings. The molecule has 0 radical (unpaired) electrons. The summed E-state index contributed by atoms with van der Waals surface area (Å²) in [6, 6.07) is 11.5. The number of hydrogen-bond acceptors (Lipinski definition) is 5. The van der Waals surface area contributed by atoms with Gasteiger partial charge in [-0.3, -0.25) is 4.79 Å². The topological polar surface area (TPSA) is 76.0 Å². The van der Waals surface area contributed by atoms with Gasteiger partial charge in [0, 0.05) is 4.47 Å². The summed E-state index contributed by atoms with van der Waals surface area (Å²) in [5.41, 5.74) is 0.0533. The van der Waals surface area contributed by atoms with Gasteiger partial charge in [-0.05, 0) is 50.2 Å². The lowest BCUT2D eigenvalue weighted by molar-refractivity contribution is -0.0780. The first kappa shape index (κ1) is 17.3. The van der Waals surface area contributed by atoms with Crippen LogP contribution in [-0.4, -0.2) is 28.4 Å². The molecule has 0 bridgehead atoms. The highest BCUT2D eigenvalue weighted by molar-refractivity contribution is 9.10. The van der Waals surface area contributed by atoms with E-state index in [1.165, 1.54) is 26.0 Å². The summed E-state index contributed by atoms with van der Waals surface area (Å²) >= 11 is 3.33. The van der Waals surface area contributed by atoms with Crippen molar-refractivity contribution in [1.29, 1.82) is 0 Å². The summed E-state index contributed by atoms with van der Waals surface area (Å²) < 4.78 is 12.1. The number of rotatable bonds is 6. The average Bonchev–Trinajstić information content (AvgIpc) is 2.48. The highest BCUT2D eigenvalue weighted by Crippen LogP contribution is 2.29. The van der Waals surface area contributed by atoms with Gasteiger partial charge < -0.3 is 19.7 Å². The minimum atomic E-state index is -1.03. The minimum absolute atomic E-state index is 0.0533. The number of aliphatic hydroxyl groups is 1. The predicted molar refractivity (Wildman–Crippen MR) is 89.0 cm³/mol. The molecule has 2 N–H and O–H groups in total. The number of phenolic OH excluding ortho intramolecular Hbond substituents is 1. The molecule has 23 heavy (non-hydrogen) atoms. The predicted octanol–water partition coefficient (Wildman–Crippen LogP) is 3.52. The highest BCUT2D eigenvalue weighted by atomic mass is 79.9. The first-order chi connectivity index (χ1) is 10.9. The standard InChI is InChI=1S/C17H17BrO5/c1-10(19)16-14(21)4-3-5-15(16)23-17(11(2)20)22-13-8-6-12(18)7-9-13/h3-9,11,17,20-21H,1-2H3. The van der Waals surface area contributed by atoms with Gasteiger partial charge in [0.05, 0.1) is 0 Å². The second kappa shape index (κ2) is 7.48. The molecule has 0 aliphatic carbocycles. The number of ketones is 1. The molecule has 5 nitrogen and oxygen atoms in total. The molecular formula is C17H17BrO5. The third-order valence-electron chi connectivity index (χ3n) is 3.06. The molecule has 0 aromatic heterocycles. The summed E-state index contributed by atoms with van der Waals surface area (Å²) in [5.74, 6) is 0.137. The Morgan fingerprint density at radius 3 is 2.35 bits per heavy atom. The fraction of sp³-hybridized carbons (Fsp3) is 0.235. The largest absolute Gasteiger partial charge is 0.507 e. The van der Waals surface area contributed by atoms with E-state index in [2.05, 4.69) is 15.9 Å². The van der Waals surface area contributed by atoms with Crippen LogP contribution in [0, 0.1) is 0 Å². The molecule has 0 amide bonds. The number of ether oxygens (including phenoxy) is 2. The van der Waals surface area contributed by atoms with Crippen molar-refractivity contribution in [2.75, 3.05) is 0 Å². The average molecular weight is 381 g/mol. The van der Waals surface area contributed by atoms with E-state index in [1.807, 2.05) is 0 Å². The first-order valence-corrected chi connectivity index (χ1v) is 7.77. The van der Waals surface area contributed by atoms with Crippen LogP contribution in [0.4, 0.5) is 0 Å². The van der Waals surface area contributed by atoms with Gasteiger partial charge in [-0.1, -0.05) is 22.0 Å². The molecule has 0 aliphatic rings. The van der Waals surface area contributed by atoms with Crippen LogP contribution < -0.4 is 9.47 Å². The number of hydrogen-bond donors (Lipinski definition) is 2. The summed E-state index contributed by atoms with van der Waals surface area (Å²) in [5, 5.41) is 19.7. The summed E-state index contributed by atoms with van der Waals surface area (Å²) in [7, 11) is 0. The molecule has 2 atom stereocenters. The number of Topliss-reactive ketones (excluding diaryl/α,β-unsaturated/α-hetero) is 1. The zero-order valence-electron chi connectivity index (χ0n) is 12.7. The molecule has 0 fully saturated rings. The van der Waals surface area contributed by atoms with Crippen molar-refractivity contribution in [3.8, 4) is 17.2 Å². The van der Waals surface area contributed by atoms with Crippen LogP contribution in [0.2, 0.25) is 0 Å². The number of benzene rings is 2. The fourth-order valence-corrected chi connectivity index (χ4v) is 2.23. The Morgan fingerprint density at radius 1 is 1.13 bits per heavy atom. The molecule has 0 aliphatic heterocycles. The zero-order chi connectivity index (χ0) is 17.0. The first-order valence-electron chi connectivity index (χ1n) is 6.98. The van der Waals surface area contributed by atoms with Crippen LogP contribution in [0.3, 0.4) is 0 Å². The van der Waals surface area contributed by atoms with Crippen LogP contribution in [-0.2, 0) is 0 Å². The second-order valence-corrected chi connectivity index (χ2v) is 5.92. The van der Waals surface area contributed by atoms with Crippen LogP contribution in [0.15, 0.2) is 46.9 Å². The Labute approximate surface area is 142 Å². The Balaban J connectivity index is 2.25. The van der Waals surface area contributed by atoms with E-state index in [4.69, 9.17) is 9.47 Å². The van der Waals surface area contributed by atoms with E-state index in [-0.39, 0.29) is 22.8 Å². The number of aliphatic hydroxyl groups excluding tert-OH is 1. The van der Waals surface area contributed by atoms with Crippen molar-refractivity contribution >= 4 is 21.7 Å². The van der Waals surface area contributed by atoms with Crippen molar-refractivity contribution in [2.24, 2.45) is 0 Å². The molecule has 2 unspecified atom stereocenters. The maximum absolute atomic E-state index is 11.7. The van der Waals surface area contributed by atoms with Gasteiger partial charge >= 0.3 is 0 Å². The lowest BCUT2D eigenvalue weighted by atomic mass is 10.1. The molecule has 0 saturated carbocycles. The summed E-state index contributed by atoms with van der Waals surface area (Å²) in [4.78, 5) is 11.7. The van der Waals surface area contributed by atoms with Gasteiger partial charge in [0.2, 0.25) is 0 Å². The Kier molecular flexibility index (Phi) is 5.63. The number of halogens is 1. The second-order valence-electron chi connectivity index (χ2n) is 5.01. The van der Waals surface area contributed by atoms with Crippen LogP contribution in [0.25, 0.3) is 0 Å². The van der Waals surface area contributed by atoms with Crippen molar-refractivity contribution in [2.45, 2.75) is 26.2 Å². The Bertz CT molecular complexity index is 682. The van der Waals surface area contributed by atoms with Gasteiger partial charge in [-0.2, -0.15) is 0 Å². The van der Waals surface area contributed by atoms with E-state index in [0.29, 0.717) is 5.75 Å². The van der Waals surface area contributed by atoms with E-state index in [0.717, 1.165) is 4.47 Å². The number of carbonyl (C=O) groups excluding carboxylic acids is 1. The monoisotopic (exact) mass is 380 g/mol. The van der Waals surface area contributed by atoms with Gasteiger partial charge in [0.25, 0.3) is 6.29 Å². The van der Waals surface area contributed by atoms with Crippen molar-refractivity contribution in [1.82, 2.24) is 0 Å². The molecule has 2 rings (SSSR count). The van der Waals surface area contributed by atoms with E-state index in [1.54, 1.807) is 30.3 Å². The Hall–Kier alpha value is -2.05. The number of aromatic hydroxyl groups is 1. The maximum Gasteiger partial charge on any atom is 0.266 e. The van der Waals surface area contributed by atoms with E-state index < -0.39 is 12.4 Å². The molecule has 122 valence electrons. The molecule has 0 spiro atoms. The normalized spacial score (nSPS) is 13.2. The van der Waals surface area contributed by atoms with Crippen LogP contribution >= 0.6 is 15.9 Å².